The van der Waals surface area contributed by atoms with Crippen LogP contribution in [0.15, 0.2) is 35.2 Å². The van der Waals surface area contributed by atoms with E-state index in [1.807, 2.05) is 24.3 Å². The van der Waals surface area contributed by atoms with Crippen molar-refractivity contribution in [1.82, 2.24) is 10.1 Å². The number of carbonyl (C=O) groups is 1. The molecule has 112 valence electrons. The molecule has 0 atom stereocenters. The normalized spacial score (nSPS) is 10.5. The van der Waals surface area contributed by atoms with Gasteiger partial charge in [-0.2, -0.15) is 4.98 Å². The Kier molecular flexibility index (Phi) is 5.75. The molecule has 0 unspecified atom stereocenters. The molecule has 21 heavy (non-hydrogen) atoms. The van der Waals surface area contributed by atoms with Crippen LogP contribution in [0.4, 0.5) is 0 Å². The molecule has 1 aromatic heterocycles. The smallest absolute Gasteiger partial charge is 0.303 e. The van der Waals surface area contributed by atoms with Crippen molar-refractivity contribution < 1.29 is 19.2 Å². The molecule has 6 nitrogen and oxygen atoms in total. The van der Waals surface area contributed by atoms with Crippen LogP contribution in [0.5, 0.6) is 5.75 Å². The number of hydrogen-bond donors (Lipinski definition) is 1. The third-order valence-electron chi connectivity index (χ3n) is 3.03. The average molecular weight is 290 g/mol. The monoisotopic (exact) mass is 290 g/mol. The number of hydrogen-bond acceptors (Lipinski definition) is 5. The van der Waals surface area contributed by atoms with E-state index < -0.39 is 5.97 Å². The van der Waals surface area contributed by atoms with E-state index in [0.717, 1.165) is 31.4 Å². The molecule has 2 aromatic rings. The molecule has 1 N–H and O–H groups in total. The molecule has 0 radical (unpaired) electrons. The van der Waals surface area contributed by atoms with Crippen molar-refractivity contribution in [3.63, 3.8) is 0 Å². The highest BCUT2D eigenvalue weighted by Gasteiger charge is 2.02. The Bertz CT molecular complexity index is 555. The van der Waals surface area contributed by atoms with Gasteiger partial charge in [0.15, 0.2) is 6.61 Å². The predicted molar refractivity (Wildman–Crippen MR) is 74.9 cm³/mol. The van der Waals surface area contributed by atoms with Gasteiger partial charge in [-0.25, -0.2) is 0 Å². The molecular formula is C15H18N2O4. The van der Waals surface area contributed by atoms with Crippen LogP contribution >= 0.6 is 0 Å². The van der Waals surface area contributed by atoms with Crippen LogP contribution in [0.25, 0.3) is 0 Å². The van der Waals surface area contributed by atoms with Crippen molar-refractivity contribution >= 4 is 5.97 Å². The molecule has 0 bridgehead atoms. The summed E-state index contributed by atoms with van der Waals surface area (Å²) >= 11 is 0. The summed E-state index contributed by atoms with van der Waals surface area (Å²) in [5, 5.41) is 12.2. The summed E-state index contributed by atoms with van der Waals surface area (Å²) in [6.07, 6.45) is 5.05. The second-order valence-corrected chi connectivity index (χ2v) is 4.74. The number of benzene rings is 1. The summed E-state index contributed by atoms with van der Waals surface area (Å²) < 4.78 is 10.2. The Balaban J connectivity index is 1.74. The number of nitrogens with zero attached hydrogens (tertiary/aromatic N) is 2. The van der Waals surface area contributed by atoms with Gasteiger partial charge in [0.2, 0.25) is 12.2 Å². The topological polar surface area (TPSA) is 85.5 Å². The summed E-state index contributed by atoms with van der Waals surface area (Å²) in [5.41, 5.74) is 1.18. The number of carboxylic acids is 1. The van der Waals surface area contributed by atoms with Crippen LogP contribution < -0.4 is 4.74 Å². The number of aromatic nitrogens is 2. The van der Waals surface area contributed by atoms with Gasteiger partial charge in [-0.1, -0.05) is 23.7 Å². The summed E-state index contributed by atoms with van der Waals surface area (Å²) in [6.45, 7) is 0.276. The third kappa shape index (κ3) is 5.64. The number of aliphatic carboxylic acids is 1. The van der Waals surface area contributed by atoms with Crippen LogP contribution in [0.3, 0.4) is 0 Å². The number of carboxylic acid groups (broad SMARTS) is 1. The van der Waals surface area contributed by atoms with E-state index in [1.54, 1.807) is 0 Å². The number of rotatable bonds is 9. The molecule has 0 fully saturated rings. The van der Waals surface area contributed by atoms with Gasteiger partial charge < -0.3 is 14.4 Å². The summed E-state index contributed by atoms with van der Waals surface area (Å²) in [6, 6.07) is 7.85. The van der Waals surface area contributed by atoms with Crippen molar-refractivity contribution in [2.75, 3.05) is 0 Å². The lowest BCUT2D eigenvalue weighted by atomic mass is 10.1. The third-order valence-corrected chi connectivity index (χ3v) is 3.03. The Hall–Kier alpha value is -2.37. The van der Waals surface area contributed by atoms with Crippen molar-refractivity contribution in [2.24, 2.45) is 0 Å². The van der Waals surface area contributed by atoms with Crippen LogP contribution in [0.1, 0.15) is 37.1 Å². The molecule has 1 aromatic carbocycles. The fourth-order valence-electron chi connectivity index (χ4n) is 1.98. The Morgan fingerprint density at radius 2 is 2.19 bits per heavy atom. The lowest BCUT2D eigenvalue weighted by Crippen LogP contribution is -1.98. The van der Waals surface area contributed by atoms with Gasteiger partial charge in [0.05, 0.1) is 0 Å². The SMILES string of the molecule is O=C(O)CCCCCc1cccc(OCc2ncon2)c1. The summed E-state index contributed by atoms with van der Waals surface area (Å²) in [4.78, 5) is 14.3. The van der Waals surface area contributed by atoms with Gasteiger partial charge in [-0.05, 0) is 37.0 Å². The van der Waals surface area contributed by atoms with Crippen molar-refractivity contribution in [1.29, 1.82) is 0 Å². The largest absolute Gasteiger partial charge is 0.485 e. The predicted octanol–water partition coefficient (Wildman–Crippen LogP) is 2.84. The van der Waals surface area contributed by atoms with Crippen LogP contribution in [0, 0.1) is 0 Å². The minimum Gasteiger partial charge on any atom is -0.485 e. The molecule has 0 saturated carbocycles. The first kappa shape index (κ1) is 15.0. The quantitative estimate of drug-likeness (QED) is 0.715. The fraction of sp³-hybridized carbons (Fsp3) is 0.400. The Morgan fingerprint density at radius 1 is 1.29 bits per heavy atom. The molecule has 0 aliphatic rings. The van der Waals surface area contributed by atoms with Gasteiger partial charge in [0.1, 0.15) is 5.75 Å². The Labute approximate surface area is 122 Å². The standard InChI is InChI=1S/C15H18N2O4/c18-15(19)8-3-1-2-5-12-6-4-7-13(9-12)20-10-14-16-11-21-17-14/h4,6-7,9,11H,1-3,5,8,10H2,(H,18,19). The lowest BCUT2D eigenvalue weighted by molar-refractivity contribution is -0.137. The number of ether oxygens (including phenoxy) is 1. The molecule has 0 aliphatic carbocycles. The molecular weight excluding hydrogens is 272 g/mol. The van der Waals surface area contributed by atoms with E-state index in [9.17, 15) is 4.79 Å². The van der Waals surface area contributed by atoms with Crippen LogP contribution in [0.2, 0.25) is 0 Å². The summed E-state index contributed by atoms with van der Waals surface area (Å²) in [5.74, 6) is 0.545. The van der Waals surface area contributed by atoms with Gasteiger partial charge in [-0.3, -0.25) is 4.79 Å². The van der Waals surface area contributed by atoms with E-state index in [1.165, 1.54) is 12.0 Å². The molecule has 0 aliphatic heterocycles. The fourth-order valence-corrected chi connectivity index (χ4v) is 1.98. The first-order chi connectivity index (χ1) is 10.2. The summed E-state index contributed by atoms with van der Waals surface area (Å²) in [7, 11) is 0. The van der Waals surface area contributed by atoms with Crippen molar-refractivity contribution in [3.8, 4) is 5.75 Å². The molecule has 0 saturated heterocycles. The maximum absolute atomic E-state index is 10.4. The van der Waals surface area contributed by atoms with E-state index in [0.29, 0.717) is 5.82 Å². The highest BCUT2D eigenvalue weighted by atomic mass is 16.5. The zero-order valence-electron chi connectivity index (χ0n) is 11.7. The maximum Gasteiger partial charge on any atom is 0.303 e. The number of unbranched alkanes of at least 4 members (excludes halogenated alkanes) is 2. The highest BCUT2D eigenvalue weighted by molar-refractivity contribution is 5.66. The molecule has 0 spiro atoms. The molecule has 2 rings (SSSR count). The van der Waals surface area contributed by atoms with E-state index in [2.05, 4.69) is 14.7 Å². The van der Waals surface area contributed by atoms with Gasteiger partial charge in [-0.15, -0.1) is 0 Å². The molecule has 0 amide bonds. The first-order valence-corrected chi connectivity index (χ1v) is 6.93. The van der Waals surface area contributed by atoms with Gasteiger partial charge in [0, 0.05) is 6.42 Å². The second-order valence-electron chi connectivity index (χ2n) is 4.74. The number of aryl methyl sites for hydroxylation is 1. The van der Waals surface area contributed by atoms with E-state index >= 15 is 0 Å². The minimum atomic E-state index is -0.730. The second kappa shape index (κ2) is 8.04. The lowest BCUT2D eigenvalue weighted by Gasteiger charge is -2.06. The zero-order valence-corrected chi connectivity index (χ0v) is 11.7. The average Bonchev–Trinajstić information content (AvgIpc) is 2.98. The molecule has 6 heteroatoms. The maximum atomic E-state index is 10.4. The van der Waals surface area contributed by atoms with Gasteiger partial charge in [0.25, 0.3) is 0 Å². The van der Waals surface area contributed by atoms with E-state index in [-0.39, 0.29) is 13.0 Å². The highest BCUT2D eigenvalue weighted by Crippen LogP contribution is 2.16. The molecule has 1 heterocycles. The Morgan fingerprint density at radius 3 is 2.95 bits per heavy atom. The van der Waals surface area contributed by atoms with Gasteiger partial charge >= 0.3 is 5.97 Å². The van der Waals surface area contributed by atoms with Crippen molar-refractivity contribution in [3.05, 3.63) is 42.0 Å². The van der Waals surface area contributed by atoms with E-state index in [4.69, 9.17) is 9.84 Å². The van der Waals surface area contributed by atoms with Crippen LogP contribution in [-0.2, 0) is 17.8 Å². The zero-order chi connectivity index (χ0) is 14.9. The minimum absolute atomic E-state index is 0.244. The van der Waals surface area contributed by atoms with Crippen LogP contribution in [-0.4, -0.2) is 21.2 Å². The van der Waals surface area contributed by atoms with Crippen molar-refractivity contribution in [2.45, 2.75) is 38.7 Å². The first-order valence-electron chi connectivity index (χ1n) is 6.93.